The molecule has 1 aromatic heterocycles. The summed E-state index contributed by atoms with van der Waals surface area (Å²) in [6.07, 6.45) is 5.28. The van der Waals surface area contributed by atoms with Crippen molar-refractivity contribution < 1.29 is 14.2 Å². The molecule has 250 valence electrons. The Labute approximate surface area is 294 Å². The summed E-state index contributed by atoms with van der Waals surface area (Å²) in [6, 6.07) is 43.3. The number of fused-ring (bicyclic) bond motifs is 1. The summed E-state index contributed by atoms with van der Waals surface area (Å²) in [7, 11) is 0. The molecule has 5 nitrogen and oxygen atoms in total. The molecule has 2 heterocycles. The zero-order chi connectivity index (χ0) is 33.3. The monoisotopic (exact) mass is 670 g/mol. The molecule has 1 fully saturated rings. The van der Waals surface area contributed by atoms with E-state index in [9.17, 15) is 0 Å². The number of ether oxygens (including phenoxy) is 3. The van der Waals surface area contributed by atoms with E-state index in [1.165, 1.54) is 44.3 Å². The maximum Gasteiger partial charge on any atom is 0.120 e. The van der Waals surface area contributed by atoms with Crippen LogP contribution >= 0.6 is 11.6 Å². The van der Waals surface area contributed by atoms with Crippen molar-refractivity contribution in [2.75, 3.05) is 26.2 Å². The Morgan fingerprint density at radius 2 is 1.12 bits per heavy atom. The second-order valence-corrected chi connectivity index (χ2v) is 13.1. The quantitative estimate of drug-likeness (QED) is 0.123. The van der Waals surface area contributed by atoms with Gasteiger partial charge in [-0.15, -0.1) is 0 Å². The Morgan fingerprint density at radius 1 is 0.551 bits per heavy atom. The Bertz CT molecular complexity index is 1910. The van der Waals surface area contributed by atoms with Crippen LogP contribution in [0.3, 0.4) is 0 Å². The minimum absolute atomic E-state index is 0.494. The largest absolute Gasteiger partial charge is 0.492 e. The highest BCUT2D eigenvalue weighted by atomic mass is 35.5. The van der Waals surface area contributed by atoms with Crippen molar-refractivity contribution in [3.63, 3.8) is 0 Å². The third-order valence-corrected chi connectivity index (χ3v) is 9.62. The minimum atomic E-state index is 0.494. The molecule has 0 bridgehead atoms. The Morgan fingerprint density at radius 3 is 1.78 bits per heavy atom. The normalized spacial score (nSPS) is 13.7. The van der Waals surface area contributed by atoms with E-state index in [1.807, 2.05) is 54.6 Å². The van der Waals surface area contributed by atoms with Crippen LogP contribution in [0, 0.1) is 0 Å². The van der Waals surface area contributed by atoms with Gasteiger partial charge in [0.25, 0.3) is 0 Å². The van der Waals surface area contributed by atoms with Crippen LogP contribution in [-0.4, -0.2) is 35.7 Å². The van der Waals surface area contributed by atoms with Gasteiger partial charge >= 0.3 is 0 Å². The zero-order valence-electron chi connectivity index (χ0n) is 27.9. The van der Waals surface area contributed by atoms with E-state index in [4.69, 9.17) is 25.8 Å². The Balaban J connectivity index is 1.12. The standard InChI is InChI=1S/C43H43ClN2O3/c44-42-40-29-39(49-32-35-13-7-4-8-14-35)23-24-41(40)46(43(42)36-17-21-38(22-18-36)48-31-34-11-5-3-6-12-34)30-33-15-19-37(20-16-33)47-28-27-45-25-9-1-2-10-26-45/h3-8,11-24,29H,1-2,9-10,25-28,30-32H2. The first-order valence-corrected chi connectivity index (χ1v) is 17.8. The van der Waals surface area contributed by atoms with Crippen molar-refractivity contribution in [2.45, 2.75) is 45.4 Å². The maximum absolute atomic E-state index is 7.26. The van der Waals surface area contributed by atoms with Crippen molar-refractivity contribution in [2.24, 2.45) is 0 Å². The molecule has 5 aromatic carbocycles. The lowest BCUT2D eigenvalue weighted by Crippen LogP contribution is -2.29. The molecule has 0 aliphatic carbocycles. The molecule has 0 atom stereocenters. The van der Waals surface area contributed by atoms with Crippen LogP contribution in [0.4, 0.5) is 0 Å². The van der Waals surface area contributed by atoms with Gasteiger partial charge in [-0.3, -0.25) is 4.90 Å². The molecule has 0 spiro atoms. The Hall–Kier alpha value is -4.71. The molecule has 49 heavy (non-hydrogen) atoms. The van der Waals surface area contributed by atoms with Crippen molar-refractivity contribution >= 4 is 22.5 Å². The van der Waals surface area contributed by atoms with Crippen LogP contribution < -0.4 is 14.2 Å². The third kappa shape index (κ3) is 8.48. The minimum Gasteiger partial charge on any atom is -0.492 e. The first kappa shape index (κ1) is 32.8. The third-order valence-electron chi connectivity index (χ3n) is 9.24. The number of benzene rings is 5. The summed E-state index contributed by atoms with van der Waals surface area (Å²) in [5, 5.41) is 1.66. The van der Waals surface area contributed by atoms with Gasteiger partial charge in [-0.05, 0) is 103 Å². The van der Waals surface area contributed by atoms with Crippen LogP contribution in [0.1, 0.15) is 42.4 Å². The van der Waals surface area contributed by atoms with Gasteiger partial charge in [0.1, 0.15) is 37.1 Å². The average molecular weight is 671 g/mol. The summed E-state index contributed by atoms with van der Waals surface area (Å²) in [4.78, 5) is 2.53. The summed E-state index contributed by atoms with van der Waals surface area (Å²) in [5.74, 6) is 2.50. The number of rotatable bonds is 13. The van der Waals surface area contributed by atoms with Gasteiger partial charge < -0.3 is 18.8 Å². The second kappa shape index (κ2) is 16.1. The van der Waals surface area contributed by atoms with Crippen LogP contribution in [0.15, 0.2) is 127 Å². The van der Waals surface area contributed by atoms with E-state index >= 15 is 0 Å². The molecule has 7 rings (SSSR count). The van der Waals surface area contributed by atoms with Gasteiger partial charge in [-0.25, -0.2) is 0 Å². The molecule has 6 aromatic rings. The highest BCUT2D eigenvalue weighted by Gasteiger charge is 2.19. The molecule has 0 saturated carbocycles. The zero-order valence-corrected chi connectivity index (χ0v) is 28.7. The number of likely N-dealkylation sites (tertiary alicyclic amines) is 1. The molecule has 1 aliphatic rings. The van der Waals surface area contributed by atoms with E-state index in [0.29, 0.717) is 31.4 Å². The number of halogens is 1. The van der Waals surface area contributed by atoms with Crippen LogP contribution in [-0.2, 0) is 19.8 Å². The lowest BCUT2D eigenvalue weighted by atomic mass is 10.1. The summed E-state index contributed by atoms with van der Waals surface area (Å²) in [6.45, 7) is 5.72. The summed E-state index contributed by atoms with van der Waals surface area (Å²) < 4.78 is 20.7. The summed E-state index contributed by atoms with van der Waals surface area (Å²) >= 11 is 7.26. The molecule has 0 N–H and O–H groups in total. The maximum atomic E-state index is 7.26. The van der Waals surface area contributed by atoms with Crippen molar-refractivity contribution in [1.29, 1.82) is 0 Å². The van der Waals surface area contributed by atoms with E-state index < -0.39 is 0 Å². The predicted octanol–water partition coefficient (Wildman–Crippen LogP) is 10.4. The van der Waals surface area contributed by atoms with E-state index in [2.05, 4.69) is 82.3 Å². The van der Waals surface area contributed by atoms with Gasteiger partial charge in [-0.1, -0.05) is 97.2 Å². The molecule has 0 unspecified atom stereocenters. The SMILES string of the molecule is Clc1c(-c2ccc(OCc3ccccc3)cc2)n(Cc2ccc(OCCN3CCCCCC3)cc2)c2ccc(OCc3ccccc3)cc12. The van der Waals surface area contributed by atoms with Crippen molar-refractivity contribution in [3.8, 4) is 28.5 Å². The molecule has 0 radical (unpaired) electrons. The molecular weight excluding hydrogens is 628 g/mol. The first-order valence-electron chi connectivity index (χ1n) is 17.4. The van der Waals surface area contributed by atoms with Crippen LogP contribution in [0.25, 0.3) is 22.2 Å². The number of hydrogen-bond acceptors (Lipinski definition) is 4. The Kier molecular flexibility index (Phi) is 10.8. The molecule has 1 saturated heterocycles. The lowest BCUT2D eigenvalue weighted by molar-refractivity contribution is 0.214. The van der Waals surface area contributed by atoms with Gasteiger partial charge in [0.05, 0.1) is 16.2 Å². The molecule has 6 heteroatoms. The topological polar surface area (TPSA) is 35.9 Å². The molecular formula is C43H43ClN2O3. The van der Waals surface area contributed by atoms with E-state index in [1.54, 1.807) is 0 Å². The highest BCUT2D eigenvalue weighted by Crippen LogP contribution is 2.40. The summed E-state index contributed by atoms with van der Waals surface area (Å²) in [5.41, 5.74) is 6.46. The fourth-order valence-electron chi connectivity index (χ4n) is 6.55. The van der Waals surface area contributed by atoms with Gasteiger partial charge in [0.2, 0.25) is 0 Å². The van der Waals surface area contributed by atoms with E-state index in [-0.39, 0.29) is 0 Å². The number of hydrogen-bond donors (Lipinski definition) is 0. The fourth-order valence-corrected chi connectivity index (χ4v) is 6.91. The van der Waals surface area contributed by atoms with Crippen molar-refractivity contribution in [3.05, 3.63) is 149 Å². The van der Waals surface area contributed by atoms with E-state index in [0.717, 1.165) is 57.1 Å². The first-order chi connectivity index (χ1) is 24.2. The highest BCUT2D eigenvalue weighted by molar-refractivity contribution is 6.38. The number of aromatic nitrogens is 1. The smallest absolute Gasteiger partial charge is 0.120 e. The van der Waals surface area contributed by atoms with Gasteiger partial charge in [0.15, 0.2) is 0 Å². The lowest BCUT2D eigenvalue weighted by Gasteiger charge is -2.19. The van der Waals surface area contributed by atoms with Crippen molar-refractivity contribution in [1.82, 2.24) is 9.47 Å². The van der Waals surface area contributed by atoms with Crippen LogP contribution in [0.2, 0.25) is 5.02 Å². The molecule has 0 amide bonds. The average Bonchev–Trinajstić information content (AvgIpc) is 3.28. The van der Waals surface area contributed by atoms with Crippen LogP contribution in [0.5, 0.6) is 17.2 Å². The van der Waals surface area contributed by atoms with Gasteiger partial charge in [0, 0.05) is 18.5 Å². The number of nitrogens with zero attached hydrogens (tertiary/aromatic N) is 2. The molecule has 1 aliphatic heterocycles. The van der Waals surface area contributed by atoms with Gasteiger partial charge in [-0.2, -0.15) is 0 Å². The fraction of sp³-hybridized carbons (Fsp3) is 0.256. The second-order valence-electron chi connectivity index (χ2n) is 12.7. The predicted molar refractivity (Wildman–Crippen MR) is 200 cm³/mol.